The molecule has 0 spiro atoms. The molecule has 0 unspecified atom stereocenters. The number of benzene rings is 1. The van der Waals surface area contributed by atoms with E-state index in [0.29, 0.717) is 34.1 Å². The minimum Gasteiger partial charge on any atom is -0.503 e. The van der Waals surface area contributed by atoms with E-state index in [1.807, 2.05) is 0 Å². The molecule has 8 nitrogen and oxygen atoms in total. The number of carbonyl (C=O) groups excluding carboxylic acids is 1. The Morgan fingerprint density at radius 2 is 1.84 bits per heavy atom. The van der Waals surface area contributed by atoms with Gasteiger partial charge in [0.2, 0.25) is 5.88 Å². The summed E-state index contributed by atoms with van der Waals surface area (Å²) in [5.41, 5.74) is 1.33. The Morgan fingerprint density at radius 3 is 2.44 bits per heavy atom. The van der Waals surface area contributed by atoms with Crippen molar-refractivity contribution in [3.63, 3.8) is 0 Å². The van der Waals surface area contributed by atoms with E-state index in [-0.39, 0.29) is 11.3 Å². The number of aromatic nitrogens is 3. The monoisotopic (exact) mass is 433 g/mol. The lowest BCUT2D eigenvalue weighted by molar-refractivity contribution is 0.0856. The lowest BCUT2D eigenvalue weighted by Crippen LogP contribution is -2.21. The first-order valence-electron chi connectivity index (χ1n) is 9.96. The number of hydrogen-bond donors (Lipinski definition) is 2. The molecular weight excluding hydrogens is 410 g/mol. The van der Waals surface area contributed by atoms with Crippen molar-refractivity contribution in [2.45, 2.75) is 20.8 Å². The van der Waals surface area contributed by atoms with Gasteiger partial charge in [0.05, 0.1) is 18.4 Å². The van der Waals surface area contributed by atoms with Gasteiger partial charge >= 0.3 is 0 Å². The predicted octanol–water partition coefficient (Wildman–Crippen LogP) is 4.84. The molecular formula is C24H23N3O5. The molecule has 0 saturated heterocycles. The average Bonchev–Trinajstić information content (AvgIpc) is 3.40. The molecule has 0 amide bonds. The maximum Gasteiger partial charge on any atom is 0.241 e. The number of hydrogen-bond acceptors (Lipinski definition) is 7. The zero-order valence-corrected chi connectivity index (χ0v) is 18.2. The Morgan fingerprint density at radius 1 is 1.09 bits per heavy atom. The van der Waals surface area contributed by atoms with Gasteiger partial charge in [-0.1, -0.05) is 38.1 Å². The average molecular weight is 433 g/mol. The summed E-state index contributed by atoms with van der Waals surface area (Å²) in [6, 6.07) is 12.2. The minimum atomic E-state index is -0.808. The Hall–Kier alpha value is -4.07. The Bertz CT molecular complexity index is 1270. The quantitative estimate of drug-likeness (QED) is 0.433. The van der Waals surface area contributed by atoms with Crippen molar-refractivity contribution >= 4 is 5.78 Å². The summed E-state index contributed by atoms with van der Waals surface area (Å²) < 4.78 is 11.7. The summed E-state index contributed by atoms with van der Waals surface area (Å²) in [7, 11) is 1.52. The number of pyridine rings is 1. The van der Waals surface area contributed by atoms with Gasteiger partial charge in [-0.2, -0.15) is 0 Å². The molecule has 0 aliphatic rings. The topological polar surface area (TPSA) is 111 Å². The zero-order valence-electron chi connectivity index (χ0n) is 18.2. The standard InChI is InChI=1S/C24H23N3O5/c1-24(2,3)22(29)19-20(15-7-5-6-8-17(15)31-4)27(23(30)21(19)28)18-10-9-14(13-25-18)16-11-12-32-26-16/h5-13,28,30H,1-4H3. The summed E-state index contributed by atoms with van der Waals surface area (Å²) in [5.74, 6) is -0.537. The molecule has 164 valence electrons. The first-order valence-corrected chi connectivity index (χ1v) is 9.96. The SMILES string of the molecule is COc1ccccc1-c1c(C(=O)C(C)(C)C)c(O)c(O)n1-c1ccc(-c2ccon2)cn1. The van der Waals surface area contributed by atoms with Crippen molar-refractivity contribution in [1.82, 2.24) is 14.7 Å². The summed E-state index contributed by atoms with van der Waals surface area (Å²) in [4.78, 5) is 17.8. The van der Waals surface area contributed by atoms with Gasteiger partial charge in [0.25, 0.3) is 0 Å². The fourth-order valence-corrected chi connectivity index (χ4v) is 3.49. The highest BCUT2D eigenvalue weighted by molar-refractivity contribution is 6.08. The fourth-order valence-electron chi connectivity index (χ4n) is 3.49. The molecule has 1 aromatic carbocycles. The van der Waals surface area contributed by atoms with Crippen molar-refractivity contribution in [3.8, 4) is 45.7 Å². The maximum atomic E-state index is 13.3. The van der Waals surface area contributed by atoms with E-state index in [0.717, 1.165) is 0 Å². The third-order valence-corrected chi connectivity index (χ3v) is 5.10. The van der Waals surface area contributed by atoms with Crippen LogP contribution in [-0.2, 0) is 0 Å². The van der Waals surface area contributed by atoms with Gasteiger partial charge in [0, 0.05) is 28.8 Å². The van der Waals surface area contributed by atoms with Crippen LogP contribution in [0.5, 0.6) is 17.4 Å². The smallest absolute Gasteiger partial charge is 0.241 e. The summed E-state index contributed by atoms with van der Waals surface area (Å²) >= 11 is 0. The Labute approximate surface area is 184 Å². The number of aromatic hydroxyl groups is 2. The second-order valence-electron chi connectivity index (χ2n) is 8.30. The number of Topliss-reactive ketones (excluding diaryl/α,β-unsaturated/α-hetero) is 1. The number of nitrogens with zero attached hydrogens (tertiary/aromatic N) is 3. The number of carbonyl (C=O) groups is 1. The number of para-hydroxylation sites is 1. The minimum absolute atomic E-state index is 0.00174. The van der Waals surface area contributed by atoms with Gasteiger partial charge in [-0.25, -0.2) is 4.98 Å². The highest BCUT2D eigenvalue weighted by Crippen LogP contribution is 2.47. The van der Waals surface area contributed by atoms with Gasteiger partial charge in [-0.05, 0) is 24.3 Å². The molecule has 3 aromatic heterocycles. The van der Waals surface area contributed by atoms with Crippen LogP contribution >= 0.6 is 0 Å². The van der Waals surface area contributed by atoms with E-state index >= 15 is 0 Å². The highest BCUT2D eigenvalue weighted by atomic mass is 16.5. The van der Waals surface area contributed by atoms with Crippen LogP contribution in [0.15, 0.2) is 59.4 Å². The van der Waals surface area contributed by atoms with E-state index in [4.69, 9.17) is 9.26 Å². The van der Waals surface area contributed by atoms with Crippen molar-refractivity contribution in [2.24, 2.45) is 5.41 Å². The van der Waals surface area contributed by atoms with Crippen LogP contribution in [0.1, 0.15) is 31.1 Å². The van der Waals surface area contributed by atoms with Crippen LogP contribution in [0.4, 0.5) is 0 Å². The van der Waals surface area contributed by atoms with Crippen LogP contribution in [0.3, 0.4) is 0 Å². The lowest BCUT2D eigenvalue weighted by Gasteiger charge is -2.19. The van der Waals surface area contributed by atoms with E-state index < -0.39 is 17.0 Å². The van der Waals surface area contributed by atoms with Gasteiger partial charge in [0.1, 0.15) is 23.5 Å². The van der Waals surface area contributed by atoms with Gasteiger partial charge in [-0.15, -0.1) is 0 Å². The van der Waals surface area contributed by atoms with Crippen LogP contribution in [0, 0.1) is 5.41 Å². The second kappa shape index (κ2) is 7.88. The number of rotatable bonds is 5. The Kier molecular flexibility index (Phi) is 5.22. The van der Waals surface area contributed by atoms with Crippen molar-refractivity contribution in [2.75, 3.05) is 7.11 Å². The number of ether oxygens (including phenoxy) is 1. The molecule has 0 radical (unpaired) electrons. The van der Waals surface area contributed by atoms with E-state index in [1.165, 1.54) is 17.9 Å². The second-order valence-corrected chi connectivity index (χ2v) is 8.30. The molecule has 8 heteroatoms. The number of methoxy groups -OCH3 is 1. The molecule has 32 heavy (non-hydrogen) atoms. The molecule has 0 fully saturated rings. The van der Waals surface area contributed by atoms with E-state index in [2.05, 4.69) is 10.1 Å². The van der Waals surface area contributed by atoms with Crippen LogP contribution in [-0.4, -0.2) is 37.8 Å². The summed E-state index contributed by atoms with van der Waals surface area (Å²) in [6.45, 7) is 5.25. The normalized spacial score (nSPS) is 11.5. The summed E-state index contributed by atoms with van der Waals surface area (Å²) in [5, 5.41) is 25.6. The molecule has 0 bridgehead atoms. The van der Waals surface area contributed by atoms with Crippen molar-refractivity contribution < 1.29 is 24.3 Å². The molecule has 4 aromatic rings. The maximum absolute atomic E-state index is 13.3. The molecule has 0 atom stereocenters. The molecule has 0 aliphatic carbocycles. The van der Waals surface area contributed by atoms with Gasteiger partial charge in [-0.3, -0.25) is 9.36 Å². The molecule has 2 N–H and O–H groups in total. The highest BCUT2D eigenvalue weighted by Gasteiger charge is 2.35. The van der Waals surface area contributed by atoms with Gasteiger partial charge < -0.3 is 19.5 Å². The molecule has 4 rings (SSSR count). The van der Waals surface area contributed by atoms with Crippen LogP contribution in [0.25, 0.3) is 28.3 Å². The van der Waals surface area contributed by atoms with E-state index in [9.17, 15) is 15.0 Å². The third-order valence-electron chi connectivity index (χ3n) is 5.10. The first-order chi connectivity index (χ1) is 15.2. The summed E-state index contributed by atoms with van der Waals surface area (Å²) in [6.07, 6.45) is 3.03. The molecule has 3 heterocycles. The van der Waals surface area contributed by atoms with Crippen molar-refractivity contribution in [1.29, 1.82) is 0 Å². The molecule has 0 aliphatic heterocycles. The predicted molar refractivity (Wildman–Crippen MR) is 118 cm³/mol. The van der Waals surface area contributed by atoms with Crippen LogP contribution < -0.4 is 4.74 Å². The third kappa shape index (κ3) is 3.49. The first kappa shape index (κ1) is 21.2. The van der Waals surface area contributed by atoms with Gasteiger partial charge in [0.15, 0.2) is 11.5 Å². The lowest BCUT2D eigenvalue weighted by atomic mass is 9.85. The number of ketones is 1. The van der Waals surface area contributed by atoms with E-state index in [1.54, 1.807) is 69.4 Å². The van der Waals surface area contributed by atoms with Crippen LogP contribution in [0.2, 0.25) is 0 Å². The fraction of sp³-hybridized carbons (Fsp3) is 0.208. The zero-order chi connectivity index (χ0) is 23.0. The van der Waals surface area contributed by atoms with Crippen molar-refractivity contribution in [3.05, 3.63) is 60.5 Å². The Balaban J connectivity index is 2.00. The largest absolute Gasteiger partial charge is 0.503 e. The molecule has 0 saturated carbocycles.